The predicted octanol–water partition coefficient (Wildman–Crippen LogP) is 0.429. The molecular weight excluding hydrogens is 384 g/mol. The van der Waals surface area contributed by atoms with Gasteiger partial charge in [-0.1, -0.05) is 5.16 Å². The SMILES string of the molecule is Cc1noc(C)c1S(=O)(=O)N1CCN(c2cc(N3CCOCC3)ncn2)CC1. The van der Waals surface area contributed by atoms with Gasteiger partial charge in [0.2, 0.25) is 10.0 Å². The standard InChI is InChI=1S/C17H24N6O4S/c1-13-17(14(2)27-20-13)28(24,25)23-5-3-21(4-6-23)15-11-16(19-12-18-15)22-7-9-26-10-8-22/h11-12H,3-10H2,1-2H3. The molecule has 4 rings (SSSR count). The van der Waals surface area contributed by atoms with Crippen molar-refractivity contribution >= 4 is 21.7 Å². The average molecular weight is 408 g/mol. The largest absolute Gasteiger partial charge is 0.378 e. The summed E-state index contributed by atoms with van der Waals surface area (Å²) in [6.07, 6.45) is 1.56. The van der Waals surface area contributed by atoms with Gasteiger partial charge in [-0.25, -0.2) is 18.4 Å². The van der Waals surface area contributed by atoms with Crippen LogP contribution in [-0.2, 0) is 14.8 Å². The van der Waals surface area contributed by atoms with E-state index in [1.165, 1.54) is 4.31 Å². The van der Waals surface area contributed by atoms with Crippen LogP contribution >= 0.6 is 0 Å². The second kappa shape index (κ2) is 7.64. The number of hydrogen-bond acceptors (Lipinski definition) is 9. The smallest absolute Gasteiger partial charge is 0.248 e. The minimum atomic E-state index is -3.62. The van der Waals surface area contributed by atoms with E-state index in [4.69, 9.17) is 9.26 Å². The zero-order valence-electron chi connectivity index (χ0n) is 16.0. The second-order valence-electron chi connectivity index (χ2n) is 6.88. The average Bonchev–Trinajstić information content (AvgIpc) is 3.08. The Morgan fingerprint density at radius 1 is 0.929 bits per heavy atom. The van der Waals surface area contributed by atoms with Crippen molar-refractivity contribution in [1.29, 1.82) is 0 Å². The van der Waals surface area contributed by atoms with E-state index in [-0.39, 0.29) is 4.90 Å². The topological polar surface area (TPSA) is 105 Å². The summed E-state index contributed by atoms with van der Waals surface area (Å²) in [6.45, 7) is 8.14. The van der Waals surface area contributed by atoms with E-state index in [2.05, 4.69) is 24.9 Å². The van der Waals surface area contributed by atoms with E-state index < -0.39 is 10.0 Å². The summed E-state index contributed by atoms with van der Waals surface area (Å²) in [4.78, 5) is 13.2. The lowest BCUT2D eigenvalue weighted by Crippen LogP contribution is -2.49. The number of rotatable bonds is 4. The van der Waals surface area contributed by atoms with Gasteiger partial charge in [0.15, 0.2) is 5.76 Å². The van der Waals surface area contributed by atoms with Crippen LogP contribution in [0.2, 0.25) is 0 Å². The van der Waals surface area contributed by atoms with Gasteiger partial charge in [-0.05, 0) is 13.8 Å². The van der Waals surface area contributed by atoms with Crippen LogP contribution in [0, 0.1) is 13.8 Å². The van der Waals surface area contributed by atoms with Crippen LogP contribution in [0.4, 0.5) is 11.6 Å². The molecule has 2 aliphatic heterocycles. The first-order chi connectivity index (χ1) is 13.5. The van der Waals surface area contributed by atoms with Crippen molar-refractivity contribution in [3.8, 4) is 0 Å². The van der Waals surface area contributed by atoms with Crippen LogP contribution in [0.5, 0.6) is 0 Å². The quantitative estimate of drug-likeness (QED) is 0.712. The third kappa shape index (κ3) is 3.56. The Bertz CT molecular complexity index is 913. The first kappa shape index (κ1) is 19.1. The molecule has 152 valence electrons. The fourth-order valence-corrected chi connectivity index (χ4v) is 5.32. The second-order valence-corrected chi connectivity index (χ2v) is 8.75. The Kier molecular flexibility index (Phi) is 5.21. The third-order valence-corrected chi connectivity index (χ3v) is 7.25. The number of morpholine rings is 1. The Labute approximate surface area is 164 Å². The molecule has 0 bridgehead atoms. The van der Waals surface area contributed by atoms with E-state index in [0.717, 1.165) is 24.7 Å². The number of ether oxygens (including phenoxy) is 1. The Balaban J connectivity index is 1.46. The van der Waals surface area contributed by atoms with Crippen molar-refractivity contribution in [3.63, 3.8) is 0 Å². The molecule has 11 heteroatoms. The number of aryl methyl sites for hydroxylation is 2. The third-order valence-electron chi connectivity index (χ3n) is 5.10. The number of piperazine rings is 1. The molecular formula is C17H24N6O4S. The predicted molar refractivity (Wildman–Crippen MR) is 102 cm³/mol. The molecule has 2 fully saturated rings. The minimum Gasteiger partial charge on any atom is -0.378 e. The van der Waals surface area contributed by atoms with E-state index in [9.17, 15) is 8.42 Å². The highest BCUT2D eigenvalue weighted by atomic mass is 32.2. The van der Waals surface area contributed by atoms with E-state index in [1.54, 1.807) is 20.2 Å². The summed E-state index contributed by atoms with van der Waals surface area (Å²) in [7, 11) is -3.62. The fraction of sp³-hybridized carbons (Fsp3) is 0.588. The minimum absolute atomic E-state index is 0.178. The molecule has 0 radical (unpaired) electrons. The normalized spacial score (nSPS) is 19.2. The summed E-state index contributed by atoms with van der Waals surface area (Å²) in [5, 5.41) is 3.77. The molecule has 4 heterocycles. The molecule has 0 saturated carbocycles. The van der Waals surface area contributed by atoms with Crippen LogP contribution in [0.25, 0.3) is 0 Å². The van der Waals surface area contributed by atoms with Crippen LogP contribution < -0.4 is 9.80 Å². The van der Waals surface area contributed by atoms with Crippen LogP contribution in [0.3, 0.4) is 0 Å². The van der Waals surface area contributed by atoms with Gasteiger partial charge in [0.1, 0.15) is 28.6 Å². The molecule has 0 unspecified atom stereocenters. The van der Waals surface area contributed by atoms with Gasteiger partial charge in [-0.3, -0.25) is 0 Å². The number of anilines is 2. The molecule has 0 atom stereocenters. The summed E-state index contributed by atoms with van der Waals surface area (Å²) in [5.41, 5.74) is 0.394. The van der Waals surface area contributed by atoms with E-state index in [1.807, 2.05) is 6.07 Å². The van der Waals surface area contributed by atoms with Crippen LogP contribution in [0.15, 0.2) is 21.8 Å². The molecule has 0 N–H and O–H groups in total. The van der Waals surface area contributed by atoms with E-state index >= 15 is 0 Å². The van der Waals surface area contributed by atoms with Gasteiger partial charge in [0, 0.05) is 45.3 Å². The Morgan fingerprint density at radius 3 is 2.11 bits per heavy atom. The molecule has 0 aromatic carbocycles. The molecule has 0 amide bonds. The highest BCUT2D eigenvalue weighted by molar-refractivity contribution is 7.89. The molecule has 2 aromatic heterocycles. The summed E-state index contributed by atoms with van der Waals surface area (Å²) in [5.74, 6) is 2.01. The van der Waals surface area contributed by atoms with Crippen LogP contribution in [0.1, 0.15) is 11.5 Å². The van der Waals surface area contributed by atoms with Crippen molar-refractivity contribution in [2.75, 3.05) is 62.3 Å². The van der Waals surface area contributed by atoms with Crippen molar-refractivity contribution in [2.24, 2.45) is 0 Å². The van der Waals surface area contributed by atoms with Crippen molar-refractivity contribution in [1.82, 2.24) is 19.4 Å². The fourth-order valence-electron chi connectivity index (χ4n) is 3.61. The van der Waals surface area contributed by atoms with Gasteiger partial charge in [-0.2, -0.15) is 4.31 Å². The van der Waals surface area contributed by atoms with Gasteiger partial charge >= 0.3 is 0 Å². The van der Waals surface area contributed by atoms with Gasteiger partial charge in [0.05, 0.1) is 13.2 Å². The van der Waals surface area contributed by atoms with Crippen molar-refractivity contribution < 1.29 is 17.7 Å². The zero-order valence-corrected chi connectivity index (χ0v) is 16.9. The summed E-state index contributed by atoms with van der Waals surface area (Å²) >= 11 is 0. The number of sulfonamides is 1. The van der Waals surface area contributed by atoms with Crippen molar-refractivity contribution in [3.05, 3.63) is 23.8 Å². The van der Waals surface area contributed by atoms with Gasteiger partial charge < -0.3 is 19.1 Å². The highest BCUT2D eigenvalue weighted by Gasteiger charge is 2.33. The van der Waals surface area contributed by atoms with Gasteiger partial charge in [-0.15, -0.1) is 0 Å². The summed E-state index contributed by atoms with van der Waals surface area (Å²) in [6, 6.07) is 1.96. The van der Waals surface area contributed by atoms with E-state index in [0.29, 0.717) is 50.8 Å². The maximum atomic E-state index is 13.0. The molecule has 2 aromatic rings. The molecule has 28 heavy (non-hydrogen) atoms. The molecule has 2 saturated heterocycles. The Morgan fingerprint density at radius 2 is 1.54 bits per heavy atom. The molecule has 0 aliphatic carbocycles. The molecule has 0 spiro atoms. The number of nitrogens with zero attached hydrogens (tertiary/aromatic N) is 6. The molecule has 10 nitrogen and oxygen atoms in total. The van der Waals surface area contributed by atoms with Crippen molar-refractivity contribution in [2.45, 2.75) is 18.7 Å². The number of hydrogen-bond donors (Lipinski definition) is 0. The number of aromatic nitrogens is 3. The van der Waals surface area contributed by atoms with Crippen LogP contribution in [-0.4, -0.2) is 80.3 Å². The highest BCUT2D eigenvalue weighted by Crippen LogP contribution is 2.26. The van der Waals surface area contributed by atoms with Gasteiger partial charge in [0.25, 0.3) is 0 Å². The Hall–Kier alpha value is -2.24. The first-order valence-corrected chi connectivity index (χ1v) is 10.7. The zero-order chi connectivity index (χ0) is 19.7. The maximum Gasteiger partial charge on any atom is 0.248 e. The monoisotopic (exact) mass is 408 g/mol. The molecule has 2 aliphatic rings. The lowest BCUT2D eigenvalue weighted by Gasteiger charge is -2.35. The lowest BCUT2D eigenvalue weighted by atomic mass is 10.3. The lowest BCUT2D eigenvalue weighted by molar-refractivity contribution is 0.122. The first-order valence-electron chi connectivity index (χ1n) is 9.29. The maximum absolute atomic E-state index is 13.0. The summed E-state index contributed by atoms with van der Waals surface area (Å²) < 4.78 is 37.8.